The second-order valence-electron chi connectivity index (χ2n) is 3.02. The van der Waals surface area contributed by atoms with Crippen LogP contribution in [-0.4, -0.2) is 11.7 Å². The summed E-state index contributed by atoms with van der Waals surface area (Å²) in [6.07, 6.45) is 1.60. The molecule has 0 saturated carbocycles. The first kappa shape index (κ1) is 10.0. The molecule has 0 aliphatic carbocycles. The molecule has 0 aliphatic rings. The Hall–Kier alpha value is -1.00. The van der Waals surface area contributed by atoms with Gasteiger partial charge in [0.2, 0.25) is 0 Å². The Bertz CT molecular complexity index is 213. The summed E-state index contributed by atoms with van der Waals surface area (Å²) in [5, 5.41) is 8.82. The first-order chi connectivity index (χ1) is 5.02. The fraction of sp³-hybridized carbons (Fsp3) is 0.400. The van der Waals surface area contributed by atoms with E-state index in [-0.39, 0.29) is 12.0 Å². The standard InChI is InChI=1S/C10H14O/c1-5-9(2)6-7-10(3,4)8-11/h5,11H,1-2,8H2,3-4H3. The van der Waals surface area contributed by atoms with Gasteiger partial charge in [-0.1, -0.05) is 31.1 Å². The minimum Gasteiger partial charge on any atom is -0.395 e. The van der Waals surface area contributed by atoms with E-state index in [1.54, 1.807) is 6.08 Å². The van der Waals surface area contributed by atoms with Crippen LogP contribution in [0.15, 0.2) is 24.8 Å². The molecule has 0 aromatic heterocycles. The molecule has 11 heavy (non-hydrogen) atoms. The van der Waals surface area contributed by atoms with Gasteiger partial charge in [-0.3, -0.25) is 0 Å². The molecule has 0 rings (SSSR count). The summed E-state index contributed by atoms with van der Waals surface area (Å²) in [7, 11) is 0. The van der Waals surface area contributed by atoms with Crippen molar-refractivity contribution in [3.8, 4) is 11.8 Å². The number of aliphatic hydroxyl groups excluding tert-OH is 1. The van der Waals surface area contributed by atoms with Crippen LogP contribution in [0.3, 0.4) is 0 Å². The normalized spacial score (nSPS) is 9.73. The van der Waals surface area contributed by atoms with Gasteiger partial charge in [-0.25, -0.2) is 0 Å². The fourth-order valence-corrected chi connectivity index (χ4v) is 0.340. The number of aliphatic hydroxyl groups is 1. The summed E-state index contributed by atoms with van der Waals surface area (Å²) < 4.78 is 0. The lowest BCUT2D eigenvalue weighted by molar-refractivity contribution is 0.206. The van der Waals surface area contributed by atoms with Crippen LogP contribution in [0.1, 0.15) is 13.8 Å². The molecule has 1 nitrogen and oxygen atoms in total. The topological polar surface area (TPSA) is 20.2 Å². The highest BCUT2D eigenvalue weighted by atomic mass is 16.3. The zero-order valence-corrected chi connectivity index (χ0v) is 7.15. The third kappa shape index (κ3) is 4.41. The Kier molecular flexibility index (Phi) is 3.64. The quantitative estimate of drug-likeness (QED) is 0.469. The van der Waals surface area contributed by atoms with Crippen LogP contribution in [0.25, 0.3) is 0 Å². The Morgan fingerprint density at radius 3 is 2.55 bits per heavy atom. The van der Waals surface area contributed by atoms with Crippen molar-refractivity contribution in [2.75, 3.05) is 6.61 Å². The predicted octanol–water partition coefficient (Wildman–Crippen LogP) is 1.75. The van der Waals surface area contributed by atoms with E-state index in [4.69, 9.17) is 5.11 Å². The van der Waals surface area contributed by atoms with E-state index in [1.807, 2.05) is 13.8 Å². The molecule has 0 amide bonds. The molecule has 0 aromatic rings. The van der Waals surface area contributed by atoms with Gasteiger partial charge in [-0.15, -0.1) is 0 Å². The molecule has 0 heterocycles. The maximum Gasteiger partial charge on any atom is 0.0591 e. The largest absolute Gasteiger partial charge is 0.395 e. The second-order valence-corrected chi connectivity index (χ2v) is 3.02. The van der Waals surface area contributed by atoms with Gasteiger partial charge in [0.15, 0.2) is 0 Å². The highest BCUT2D eigenvalue weighted by Crippen LogP contribution is 2.11. The minimum atomic E-state index is -0.341. The zero-order chi connectivity index (χ0) is 8.91. The summed E-state index contributed by atoms with van der Waals surface area (Å²) in [4.78, 5) is 0. The Labute approximate surface area is 68.4 Å². The van der Waals surface area contributed by atoms with Crippen LogP contribution in [0, 0.1) is 17.3 Å². The van der Waals surface area contributed by atoms with Gasteiger partial charge < -0.3 is 5.11 Å². The smallest absolute Gasteiger partial charge is 0.0591 e. The summed E-state index contributed by atoms with van der Waals surface area (Å²) in [6.45, 7) is 11.0. The van der Waals surface area contributed by atoms with Crippen LogP contribution in [0.2, 0.25) is 0 Å². The van der Waals surface area contributed by atoms with Gasteiger partial charge >= 0.3 is 0 Å². The van der Waals surface area contributed by atoms with Gasteiger partial charge in [0.25, 0.3) is 0 Å². The van der Waals surface area contributed by atoms with Crippen LogP contribution >= 0.6 is 0 Å². The Balaban J connectivity index is 4.28. The fourth-order valence-electron chi connectivity index (χ4n) is 0.340. The van der Waals surface area contributed by atoms with Gasteiger partial charge in [0, 0.05) is 11.0 Å². The molecule has 1 N–H and O–H groups in total. The van der Waals surface area contributed by atoms with Gasteiger partial charge in [0.1, 0.15) is 0 Å². The first-order valence-corrected chi connectivity index (χ1v) is 3.47. The maximum atomic E-state index is 8.82. The van der Waals surface area contributed by atoms with Crippen LogP contribution in [0.4, 0.5) is 0 Å². The molecule has 0 atom stereocenters. The van der Waals surface area contributed by atoms with Gasteiger partial charge in [-0.2, -0.15) is 0 Å². The van der Waals surface area contributed by atoms with E-state index in [0.29, 0.717) is 5.57 Å². The van der Waals surface area contributed by atoms with Crippen molar-refractivity contribution in [3.05, 3.63) is 24.8 Å². The molecule has 0 fully saturated rings. The third-order valence-corrected chi connectivity index (χ3v) is 1.20. The van der Waals surface area contributed by atoms with E-state index >= 15 is 0 Å². The molecule has 0 saturated heterocycles. The number of allylic oxidation sites excluding steroid dienone is 2. The molecule has 0 radical (unpaired) electrons. The van der Waals surface area contributed by atoms with Crippen LogP contribution in [0.5, 0.6) is 0 Å². The molecule has 60 valence electrons. The van der Waals surface area contributed by atoms with Gasteiger partial charge in [0.05, 0.1) is 6.61 Å². The lowest BCUT2D eigenvalue weighted by Crippen LogP contribution is -2.13. The maximum absolute atomic E-state index is 8.82. The SMILES string of the molecule is C=CC(=C)C#CC(C)(C)CO. The Morgan fingerprint density at radius 2 is 2.18 bits per heavy atom. The van der Waals surface area contributed by atoms with Crippen LogP contribution in [-0.2, 0) is 0 Å². The van der Waals surface area contributed by atoms with Crippen molar-refractivity contribution in [2.45, 2.75) is 13.8 Å². The molecule has 0 aromatic carbocycles. The highest BCUT2D eigenvalue weighted by molar-refractivity contribution is 5.35. The average molecular weight is 150 g/mol. The molecule has 0 unspecified atom stereocenters. The van der Waals surface area contributed by atoms with E-state index in [9.17, 15) is 0 Å². The summed E-state index contributed by atoms with van der Waals surface area (Å²) >= 11 is 0. The lowest BCUT2D eigenvalue weighted by atomic mass is 9.95. The van der Waals surface area contributed by atoms with Crippen molar-refractivity contribution >= 4 is 0 Å². The second kappa shape index (κ2) is 4.00. The summed E-state index contributed by atoms with van der Waals surface area (Å²) in [5.74, 6) is 5.69. The molecule has 0 spiro atoms. The molecule has 1 heteroatoms. The molecular formula is C10H14O. The van der Waals surface area contributed by atoms with Gasteiger partial charge in [-0.05, 0) is 13.8 Å². The first-order valence-electron chi connectivity index (χ1n) is 3.47. The highest BCUT2D eigenvalue weighted by Gasteiger charge is 2.10. The average Bonchev–Trinajstić information content (AvgIpc) is 2.00. The summed E-state index contributed by atoms with van der Waals surface area (Å²) in [5.41, 5.74) is 0.345. The molecule has 0 aliphatic heterocycles. The molecule has 0 bridgehead atoms. The lowest BCUT2D eigenvalue weighted by Gasteiger charge is -2.11. The molecular weight excluding hydrogens is 136 g/mol. The number of hydrogen-bond donors (Lipinski definition) is 1. The van der Waals surface area contributed by atoms with E-state index in [1.165, 1.54) is 0 Å². The van der Waals surface area contributed by atoms with Crippen molar-refractivity contribution in [1.29, 1.82) is 0 Å². The van der Waals surface area contributed by atoms with Crippen LogP contribution < -0.4 is 0 Å². The van der Waals surface area contributed by atoms with E-state index in [0.717, 1.165) is 0 Å². The third-order valence-electron chi connectivity index (χ3n) is 1.20. The summed E-state index contributed by atoms with van der Waals surface area (Å²) in [6, 6.07) is 0. The van der Waals surface area contributed by atoms with Crippen molar-refractivity contribution < 1.29 is 5.11 Å². The zero-order valence-electron chi connectivity index (χ0n) is 7.15. The minimum absolute atomic E-state index is 0.0599. The van der Waals surface area contributed by atoms with Crippen molar-refractivity contribution in [2.24, 2.45) is 5.41 Å². The van der Waals surface area contributed by atoms with Crippen molar-refractivity contribution in [3.63, 3.8) is 0 Å². The Morgan fingerprint density at radius 1 is 1.64 bits per heavy atom. The number of hydrogen-bond acceptors (Lipinski definition) is 1. The predicted molar refractivity (Wildman–Crippen MR) is 48.0 cm³/mol. The van der Waals surface area contributed by atoms with E-state index < -0.39 is 0 Å². The van der Waals surface area contributed by atoms with E-state index in [2.05, 4.69) is 25.0 Å². The number of rotatable bonds is 2. The monoisotopic (exact) mass is 150 g/mol. The van der Waals surface area contributed by atoms with Crippen molar-refractivity contribution in [1.82, 2.24) is 0 Å².